The number of hydrogen-bond donors (Lipinski definition) is 1. The zero-order valence-corrected chi connectivity index (χ0v) is 19.1. The summed E-state index contributed by atoms with van der Waals surface area (Å²) in [5.74, 6) is 1.03. The average Bonchev–Trinajstić information content (AvgIpc) is 2.86. The molecule has 176 valence electrons. The standard InChI is InChI=1S/C25H24N2O6S/c28-25(26-14-19-16-31-22-12-6-7-13-23(22)32-19)24-15-27(20-10-4-5-11-21(20)33-24)34(29,30)17-18-8-2-1-3-9-18/h1-13,19,24H,14-17H2,(H,26,28)/t19-,24-/m0/s1. The predicted molar refractivity (Wildman–Crippen MR) is 127 cm³/mol. The van der Waals surface area contributed by atoms with Crippen molar-refractivity contribution in [1.29, 1.82) is 0 Å². The first kappa shape index (κ1) is 22.1. The topological polar surface area (TPSA) is 94.2 Å². The van der Waals surface area contributed by atoms with Crippen LogP contribution in [-0.2, 0) is 20.6 Å². The predicted octanol–water partition coefficient (Wildman–Crippen LogP) is 2.74. The number of ether oxygens (including phenoxy) is 3. The first-order valence-electron chi connectivity index (χ1n) is 11.0. The molecule has 34 heavy (non-hydrogen) atoms. The van der Waals surface area contributed by atoms with Crippen LogP contribution in [0.2, 0.25) is 0 Å². The van der Waals surface area contributed by atoms with E-state index in [9.17, 15) is 13.2 Å². The van der Waals surface area contributed by atoms with Crippen molar-refractivity contribution in [2.75, 3.05) is 24.0 Å². The number of fused-ring (bicyclic) bond motifs is 2. The summed E-state index contributed by atoms with van der Waals surface area (Å²) in [7, 11) is -3.76. The van der Waals surface area contributed by atoms with Crippen LogP contribution in [0.3, 0.4) is 0 Å². The van der Waals surface area contributed by atoms with Gasteiger partial charge >= 0.3 is 0 Å². The molecule has 5 rings (SSSR count). The van der Waals surface area contributed by atoms with Gasteiger partial charge in [-0.1, -0.05) is 54.6 Å². The molecule has 0 bridgehead atoms. The fraction of sp³-hybridized carbons (Fsp3) is 0.240. The van der Waals surface area contributed by atoms with Crippen molar-refractivity contribution in [3.8, 4) is 17.2 Å². The molecule has 3 aromatic carbocycles. The van der Waals surface area contributed by atoms with E-state index in [0.717, 1.165) is 0 Å². The number of sulfonamides is 1. The second-order valence-corrected chi connectivity index (χ2v) is 9.98. The minimum absolute atomic E-state index is 0.122. The molecule has 9 heteroatoms. The monoisotopic (exact) mass is 480 g/mol. The molecule has 0 spiro atoms. The average molecular weight is 481 g/mol. The van der Waals surface area contributed by atoms with Gasteiger partial charge in [-0.05, 0) is 29.8 Å². The summed E-state index contributed by atoms with van der Waals surface area (Å²) in [6, 6.07) is 23.1. The van der Waals surface area contributed by atoms with E-state index in [1.165, 1.54) is 4.31 Å². The van der Waals surface area contributed by atoms with Gasteiger partial charge in [0.2, 0.25) is 10.0 Å². The number of rotatable bonds is 6. The third kappa shape index (κ3) is 4.65. The van der Waals surface area contributed by atoms with Crippen molar-refractivity contribution in [3.63, 3.8) is 0 Å². The maximum absolute atomic E-state index is 13.3. The van der Waals surface area contributed by atoms with E-state index < -0.39 is 22.0 Å². The maximum atomic E-state index is 13.3. The van der Waals surface area contributed by atoms with Crippen LogP contribution in [0.1, 0.15) is 5.56 Å². The van der Waals surface area contributed by atoms with Crippen molar-refractivity contribution in [3.05, 3.63) is 84.4 Å². The van der Waals surface area contributed by atoms with Crippen LogP contribution < -0.4 is 23.8 Å². The van der Waals surface area contributed by atoms with Crippen LogP contribution in [0.4, 0.5) is 5.69 Å². The lowest BCUT2D eigenvalue weighted by Gasteiger charge is -2.35. The molecule has 0 aliphatic carbocycles. The normalized spacial score (nSPS) is 19.0. The van der Waals surface area contributed by atoms with E-state index in [1.807, 2.05) is 24.3 Å². The Morgan fingerprint density at radius 1 is 0.882 bits per heavy atom. The number of nitrogens with one attached hydrogen (secondary N) is 1. The first-order chi connectivity index (χ1) is 16.5. The van der Waals surface area contributed by atoms with Crippen LogP contribution in [0, 0.1) is 0 Å². The fourth-order valence-electron chi connectivity index (χ4n) is 3.96. The lowest BCUT2D eigenvalue weighted by atomic mass is 10.2. The number of carbonyl (C=O) groups excluding carboxylic acids is 1. The molecule has 0 saturated heterocycles. The molecular formula is C25H24N2O6S. The highest BCUT2D eigenvalue weighted by Crippen LogP contribution is 2.36. The number of hydrogen-bond acceptors (Lipinski definition) is 6. The van der Waals surface area contributed by atoms with Crippen LogP contribution in [-0.4, -0.2) is 46.2 Å². The molecule has 2 aliphatic rings. The summed E-state index contributed by atoms with van der Waals surface area (Å²) in [5.41, 5.74) is 1.09. The second kappa shape index (κ2) is 9.26. The molecule has 0 fully saturated rings. The van der Waals surface area contributed by atoms with Gasteiger partial charge < -0.3 is 19.5 Å². The number of anilines is 1. The zero-order valence-electron chi connectivity index (χ0n) is 18.3. The minimum atomic E-state index is -3.76. The molecule has 0 radical (unpaired) electrons. The van der Waals surface area contributed by atoms with E-state index >= 15 is 0 Å². The first-order valence-corrected chi connectivity index (χ1v) is 12.6. The minimum Gasteiger partial charge on any atom is -0.486 e. The van der Waals surface area contributed by atoms with Crippen LogP contribution >= 0.6 is 0 Å². The summed E-state index contributed by atoms with van der Waals surface area (Å²) in [6.07, 6.45) is -1.37. The van der Waals surface area contributed by atoms with E-state index in [-0.39, 0.29) is 24.9 Å². The van der Waals surface area contributed by atoms with E-state index in [2.05, 4.69) is 5.32 Å². The van der Waals surface area contributed by atoms with Crippen LogP contribution in [0.5, 0.6) is 17.2 Å². The Bertz CT molecular complexity index is 1280. The molecule has 0 saturated carbocycles. The Morgan fingerprint density at radius 2 is 1.56 bits per heavy atom. The van der Waals surface area contributed by atoms with Gasteiger partial charge in [0.1, 0.15) is 18.5 Å². The molecule has 2 heterocycles. The lowest BCUT2D eigenvalue weighted by molar-refractivity contribution is -0.128. The van der Waals surface area contributed by atoms with Crippen molar-refractivity contribution in [2.24, 2.45) is 0 Å². The quantitative estimate of drug-likeness (QED) is 0.583. The summed E-state index contributed by atoms with van der Waals surface area (Å²) in [6.45, 7) is 0.373. The van der Waals surface area contributed by atoms with Crippen molar-refractivity contribution < 1.29 is 27.4 Å². The van der Waals surface area contributed by atoms with E-state index in [0.29, 0.717) is 35.1 Å². The van der Waals surface area contributed by atoms with Crippen LogP contribution in [0.25, 0.3) is 0 Å². The van der Waals surface area contributed by atoms with E-state index in [4.69, 9.17) is 14.2 Å². The molecule has 2 aliphatic heterocycles. The van der Waals surface area contributed by atoms with Gasteiger partial charge in [0.15, 0.2) is 17.6 Å². The Morgan fingerprint density at radius 3 is 2.35 bits per heavy atom. The third-order valence-electron chi connectivity index (χ3n) is 5.63. The summed E-state index contributed by atoms with van der Waals surface area (Å²) >= 11 is 0. The van der Waals surface area contributed by atoms with Gasteiger partial charge in [-0.2, -0.15) is 0 Å². The molecule has 0 unspecified atom stereocenters. The highest BCUT2D eigenvalue weighted by molar-refractivity contribution is 7.92. The Balaban J connectivity index is 1.29. The second-order valence-electron chi connectivity index (χ2n) is 8.09. The highest BCUT2D eigenvalue weighted by atomic mass is 32.2. The molecular weight excluding hydrogens is 456 g/mol. The smallest absolute Gasteiger partial charge is 0.263 e. The summed E-state index contributed by atoms with van der Waals surface area (Å²) < 4.78 is 45.3. The lowest BCUT2D eigenvalue weighted by Crippen LogP contribution is -2.52. The van der Waals surface area contributed by atoms with Gasteiger partial charge in [-0.3, -0.25) is 9.10 Å². The molecule has 1 N–H and O–H groups in total. The summed E-state index contributed by atoms with van der Waals surface area (Å²) in [5, 5.41) is 2.81. The molecule has 1 amide bonds. The van der Waals surface area contributed by atoms with Gasteiger partial charge in [0, 0.05) is 0 Å². The number of nitrogens with zero attached hydrogens (tertiary/aromatic N) is 1. The fourth-order valence-corrected chi connectivity index (χ4v) is 5.54. The number of benzene rings is 3. The molecule has 8 nitrogen and oxygen atoms in total. The zero-order chi connectivity index (χ0) is 23.5. The number of amides is 1. The highest BCUT2D eigenvalue weighted by Gasteiger charge is 2.37. The number of para-hydroxylation sites is 4. The summed E-state index contributed by atoms with van der Waals surface area (Å²) in [4.78, 5) is 13.0. The Labute approximate surface area is 198 Å². The van der Waals surface area contributed by atoms with Gasteiger partial charge in [-0.25, -0.2) is 8.42 Å². The Hall–Kier alpha value is -3.72. The Kier molecular flexibility index (Phi) is 6.02. The van der Waals surface area contributed by atoms with Crippen LogP contribution in [0.15, 0.2) is 78.9 Å². The number of carbonyl (C=O) groups is 1. The van der Waals surface area contributed by atoms with Crippen molar-refractivity contribution in [2.45, 2.75) is 18.0 Å². The van der Waals surface area contributed by atoms with Gasteiger partial charge in [0.25, 0.3) is 5.91 Å². The third-order valence-corrected chi connectivity index (χ3v) is 7.34. The molecule has 2 atom stereocenters. The van der Waals surface area contributed by atoms with Crippen molar-refractivity contribution in [1.82, 2.24) is 5.32 Å². The largest absolute Gasteiger partial charge is 0.486 e. The molecule has 3 aromatic rings. The SMILES string of the molecule is O=C(NC[C@H]1COc2ccccc2O1)[C@@H]1CN(S(=O)(=O)Cc2ccccc2)c2ccccc2O1. The van der Waals surface area contributed by atoms with E-state index in [1.54, 1.807) is 54.6 Å². The molecule has 0 aromatic heterocycles. The van der Waals surface area contributed by atoms with Crippen molar-refractivity contribution >= 4 is 21.6 Å². The van der Waals surface area contributed by atoms with Gasteiger partial charge in [0.05, 0.1) is 24.5 Å². The maximum Gasteiger partial charge on any atom is 0.263 e. The van der Waals surface area contributed by atoms with Gasteiger partial charge in [-0.15, -0.1) is 0 Å².